The van der Waals surface area contributed by atoms with Crippen LogP contribution in [0.1, 0.15) is 12.5 Å². The zero-order valence-electron chi connectivity index (χ0n) is 9.43. The minimum Gasteiger partial charge on any atom is -0.324 e. The number of thioether (sulfide) groups is 1. The van der Waals surface area contributed by atoms with Crippen LogP contribution in [0, 0.1) is 11.3 Å². The highest BCUT2D eigenvalue weighted by Gasteiger charge is 2.22. The van der Waals surface area contributed by atoms with E-state index in [-0.39, 0.29) is 11.2 Å². The maximum Gasteiger partial charge on any atom is 0.237 e. The van der Waals surface area contributed by atoms with E-state index in [2.05, 4.69) is 5.32 Å². The fourth-order valence-corrected chi connectivity index (χ4v) is 2.61. The number of fused-ring (bicyclic) bond motifs is 1. The van der Waals surface area contributed by atoms with Crippen LogP contribution in [0.15, 0.2) is 23.1 Å². The van der Waals surface area contributed by atoms with Gasteiger partial charge in [-0.3, -0.25) is 4.79 Å². The van der Waals surface area contributed by atoms with Crippen LogP contribution in [0.25, 0.3) is 0 Å². The topological polar surface area (TPSA) is 78.9 Å². The average molecular weight is 247 g/mol. The molecule has 5 heteroatoms. The minimum atomic E-state index is -0.501. The molecule has 0 bridgehead atoms. The van der Waals surface area contributed by atoms with Gasteiger partial charge < -0.3 is 11.1 Å². The van der Waals surface area contributed by atoms with Crippen molar-refractivity contribution in [1.82, 2.24) is 0 Å². The largest absolute Gasteiger partial charge is 0.324 e. The number of nitrogens with zero attached hydrogens (tertiary/aromatic N) is 1. The summed E-state index contributed by atoms with van der Waals surface area (Å²) in [7, 11) is 0. The molecule has 1 aromatic carbocycles. The number of rotatable bonds is 2. The number of benzene rings is 1. The van der Waals surface area contributed by atoms with E-state index < -0.39 is 6.04 Å². The maximum atomic E-state index is 11.5. The van der Waals surface area contributed by atoms with Crippen molar-refractivity contribution in [3.63, 3.8) is 0 Å². The van der Waals surface area contributed by atoms with Crippen LogP contribution in [-0.4, -0.2) is 17.2 Å². The third kappa shape index (κ3) is 2.60. The lowest BCUT2D eigenvalue weighted by Gasteiger charge is -2.22. The molecule has 1 aliphatic rings. The highest BCUT2D eigenvalue weighted by atomic mass is 32.2. The summed E-state index contributed by atoms with van der Waals surface area (Å²) in [6.07, 6.45) is 0.500. The smallest absolute Gasteiger partial charge is 0.237 e. The van der Waals surface area contributed by atoms with Gasteiger partial charge in [0, 0.05) is 11.3 Å². The fourth-order valence-electron chi connectivity index (χ4n) is 1.68. The van der Waals surface area contributed by atoms with Crippen molar-refractivity contribution in [3.8, 4) is 6.07 Å². The Bertz CT molecular complexity index is 495. The summed E-state index contributed by atoms with van der Waals surface area (Å²) in [5.41, 5.74) is 7.36. The van der Waals surface area contributed by atoms with Crippen molar-refractivity contribution < 1.29 is 4.79 Å². The Labute approximate surface area is 104 Å². The number of nitrogens with one attached hydrogen (secondary N) is 1. The zero-order valence-corrected chi connectivity index (χ0v) is 10.3. The van der Waals surface area contributed by atoms with Gasteiger partial charge in [0.15, 0.2) is 0 Å². The van der Waals surface area contributed by atoms with Crippen LogP contribution in [0.2, 0.25) is 0 Å². The van der Waals surface area contributed by atoms with Crippen molar-refractivity contribution in [2.75, 3.05) is 5.32 Å². The summed E-state index contributed by atoms with van der Waals surface area (Å²) in [6.45, 7) is 1.88. The monoisotopic (exact) mass is 247 g/mol. The molecule has 3 N–H and O–H groups in total. The molecule has 1 heterocycles. The Hall–Kier alpha value is -1.51. The standard InChI is InChI=1S/C12H13N3OS/c1-7-12(16)15-10-5-8(4-9(14)6-13)2-3-11(10)17-7/h2-3,5,7,9H,4,14H2,1H3,(H,15,16). The molecule has 2 unspecified atom stereocenters. The van der Waals surface area contributed by atoms with Crippen LogP contribution in [0.5, 0.6) is 0 Å². The highest BCUT2D eigenvalue weighted by molar-refractivity contribution is 8.00. The number of amides is 1. The van der Waals surface area contributed by atoms with E-state index in [4.69, 9.17) is 11.0 Å². The first kappa shape index (κ1) is 12.0. The molecular weight excluding hydrogens is 234 g/mol. The number of nitrogens with two attached hydrogens (primary N) is 1. The van der Waals surface area contributed by atoms with Crippen LogP contribution in [0.4, 0.5) is 5.69 Å². The van der Waals surface area contributed by atoms with Gasteiger partial charge >= 0.3 is 0 Å². The molecule has 1 aliphatic heterocycles. The van der Waals surface area contributed by atoms with E-state index in [1.807, 2.05) is 31.2 Å². The minimum absolute atomic E-state index is 0.0178. The van der Waals surface area contributed by atoms with Gasteiger partial charge in [0.05, 0.1) is 23.0 Å². The number of nitriles is 1. The van der Waals surface area contributed by atoms with Crippen molar-refractivity contribution in [2.24, 2.45) is 5.73 Å². The van der Waals surface area contributed by atoms with E-state index in [9.17, 15) is 4.79 Å². The van der Waals surface area contributed by atoms with Gasteiger partial charge in [-0.2, -0.15) is 5.26 Å². The summed E-state index contributed by atoms with van der Waals surface area (Å²) < 4.78 is 0. The average Bonchev–Trinajstić information content (AvgIpc) is 2.31. The molecule has 0 radical (unpaired) electrons. The quantitative estimate of drug-likeness (QED) is 0.830. The second-order valence-electron chi connectivity index (χ2n) is 4.02. The molecule has 88 valence electrons. The van der Waals surface area contributed by atoms with Crippen LogP contribution < -0.4 is 11.1 Å². The van der Waals surface area contributed by atoms with Crippen molar-refractivity contribution in [2.45, 2.75) is 29.5 Å². The molecule has 2 rings (SSSR count). The van der Waals surface area contributed by atoms with Crippen LogP contribution >= 0.6 is 11.8 Å². The first-order valence-electron chi connectivity index (χ1n) is 5.36. The summed E-state index contributed by atoms with van der Waals surface area (Å²) in [4.78, 5) is 12.6. The molecule has 0 fully saturated rings. The molecule has 0 saturated heterocycles. The highest BCUT2D eigenvalue weighted by Crippen LogP contribution is 2.35. The number of hydrogen-bond donors (Lipinski definition) is 2. The second-order valence-corrected chi connectivity index (χ2v) is 5.40. The summed E-state index contributed by atoms with van der Waals surface area (Å²) >= 11 is 1.55. The van der Waals surface area contributed by atoms with E-state index in [0.29, 0.717) is 6.42 Å². The number of carbonyl (C=O) groups excluding carboxylic acids is 1. The van der Waals surface area contributed by atoms with Gasteiger partial charge in [-0.15, -0.1) is 11.8 Å². The van der Waals surface area contributed by atoms with Gasteiger partial charge in [0.25, 0.3) is 0 Å². The number of anilines is 1. The van der Waals surface area contributed by atoms with Crippen molar-refractivity contribution in [1.29, 1.82) is 5.26 Å². The third-order valence-corrected chi connectivity index (χ3v) is 3.77. The Morgan fingerprint density at radius 3 is 3.12 bits per heavy atom. The van der Waals surface area contributed by atoms with Crippen molar-refractivity contribution >= 4 is 23.4 Å². The first-order valence-corrected chi connectivity index (χ1v) is 6.24. The van der Waals surface area contributed by atoms with Crippen LogP contribution in [0.3, 0.4) is 0 Å². The summed E-state index contributed by atoms with van der Waals surface area (Å²) in [5, 5.41) is 11.5. The van der Waals surface area contributed by atoms with E-state index in [1.54, 1.807) is 11.8 Å². The number of carbonyl (C=O) groups is 1. The summed E-state index contributed by atoms with van der Waals surface area (Å²) in [5.74, 6) is 0.0178. The van der Waals surface area contributed by atoms with E-state index in [1.165, 1.54) is 0 Å². The second kappa shape index (κ2) is 4.78. The predicted octanol–water partition coefficient (Wildman–Crippen LogP) is 1.51. The Morgan fingerprint density at radius 2 is 2.41 bits per heavy atom. The predicted molar refractivity (Wildman–Crippen MR) is 67.7 cm³/mol. The molecular formula is C12H13N3OS. The maximum absolute atomic E-state index is 11.5. The fraction of sp³-hybridized carbons (Fsp3) is 0.333. The molecule has 17 heavy (non-hydrogen) atoms. The molecule has 1 aromatic rings. The first-order chi connectivity index (χ1) is 8.10. The molecule has 4 nitrogen and oxygen atoms in total. The van der Waals surface area contributed by atoms with Gasteiger partial charge in [0.1, 0.15) is 0 Å². The van der Waals surface area contributed by atoms with Gasteiger partial charge in [-0.1, -0.05) is 6.07 Å². The molecule has 1 amide bonds. The SMILES string of the molecule is CC1Sc2ccc(CC(N)C#N)cc2NC1=O. The summed E-state index contributed by atoms with van der Waals surface area (Å²) in [6, 6.07) is 7.30. The molecule has 0 aliphatic carbocycles. The molecule has 0 aromatic heterocycles. The van der Waals surface area contributed by atoms with Gasteiger partial charge in [-0.05, 0) is 24.6 Å². The Kier molecular flexibility index (Phi) is 3.36. The Balaban J connectivity index is 2.23. The molecule has 0 spiro atoms. The lowest BCUT2D eigenvalue weighted by molar-refractivity contribution is -0.115. The van der Waals surface area contributed by atoms with Crippen molar-refractivity contribution in [3.05, 3.63) is 23.8 Å². The molecule has 0 saturated carbocycles. The zero-order chi connectivity index (χ0) is 12.4. The Morgan fingerprint density at radius 1 is 1.65 bits per heavy atom. The normalized spacial score (nSPS) is 20.1. The lowest BCUT2D eigenvalue weighted by Crippen LogP contribution is -2.26. The van der Waals surface area contributed by atoms with Crippen LogP contribution in [-0.2, 0) is 11.2 Å². The third-order valence-electron chi connectivity index (χ3n) is 2.60. The number of hydrogen-bond acceptors (Lipinski definition) is 4. The molecule has 2 atom stereocenters. The lowest BCUT2D eigenvalue weighted by atomic mass is 10.1. The van der Waals surface area contributed by atoms with Gasteiger partial charge in [0.2, 0.25) is 5.91 Å². The van der Waals surface area contributed by atoms with Gasteiger partial charge in [-0.25, -0.2) is 0 Å². The van der Waals surface area contributed by atoms with E-state index >= 15 is 0 Å². The van der Waals surface area contributed by atoms with E-state index in [0.717, 1.165) is 16.1 Å².